The van der Waals surface area contributed by atoms with Crippen molar-refractivity contribution in [3.63, 3.8) is 0 Å². The van der Waals surface area contributed by atoms with E-state index in [9.17, 15) is 0 Å². The van der Waals surface area contributed by atoms with Gasteiger partial charge in [0.1, 0.15) is 6.17 Å². The molecule has 134 valence electrons. The first-order valence-corrected chi connectivity index (χ1v) is 10.1. The first-order valence-electron chi connectivity index (χ1n) is 10.1. The maximum absolute atomic E-state index is 2.51. The lowest BCUT2D eigenvalue weighted by atomic mass is 10.1. The van der Waals surface area contributed by atoms with Crippen LogP contribution in [-0.4, -0.2) is 22.5 Å². The van der Waals surface area contributed by atoms with Crippen molar-refractivity contribution in [2.24, 2.45) is 0 Å². The van der Waals surface area contributed by atoms with Crippen molar-refractivity contribution in [1.82, 2.24) is 9.80 Å². The average molecular weight is 329 g/mol. The van der Waals surface area contributed by atoms with E-state index in [1.54, 1.807) is 0 Å². The van der Waals surface area contributed by atoms with E-state index in [0.29, 0.717) is 6.17 Å². The predicted octanol–water partition coefficient (Wildman–Crippen LogP) is 6.15. The molecular formula is C22H36N2. The number of hydrogen-bond acceptors (Lipinski definition) is 2. The lowest BCUT2D eigenvalue weighted by Gasteiger charge is -2.32. The van der Waals surface area contributed by atoms with Crippen LogP contribution in [0, 0.1) is 0 Å². The number of rotatable bonds is 12. The van der Waals surface area contributed by atoms with Crippen molar-refractivity contribution in [2.45, 2.75) is 84.3 Å². The highest BCUT2D eigenvalue weighted by Gasteiger charge is 2.24. The van der Waals surface area contributed by atoms with Crippen LogP contribution in [0.25, 0.3) is 0 Å². The second-order valence-corrected chi connectivity index (χ2v) is 7.03. The Hall–Kier alpha value is -1.44. The molecular weight excluding hydrogens is 292 g/mol. The molecule has 1 unspecified atom stereocenters. The van der Waals surface area contributed by atoms with E-state index in [2.05, 4.69) is 66.4 Å². The van der Waals surface area contributed by atoms with Crippen LogP contribution in [0.4, 0.5) is 0 Å². The van der Waals surface area contributed by atoms with Gasteiger partial charge in [-0.3, -0.25) is 0 Å². The molecule has 0 N–H and O–H groups in total. The van der Waals surface area contributed by atoms with Gasteiger partial charge in [-0.25, -0.2) is 0 Å². The van der Waals surface area contributed by atoms with Gasteiger partial charge in [0.2, 0.25) is 0 Å². The summed E-state index contributed by atoms with van der Waals surface area (Å²) >= 11 is 0. The summed E-state index contributed by atoms with van der Waals surface area (Å²) in [4.78, 5) is 5.00. The third-order valence-corrected chi connectivity index (χ3v) is 5.10. The van der Waals surface area contributed by atoms with Crippen LogP contribution >= 0.6 is 0 Å². The first kappa shape index (κ1) is 18.9. The van der Waals surface area contributed by atoms with Gasteiger partial charge in [-0.1, -0.05) is 82.2 Å². The fraction of sp³-hybridized carbons (Fsp3) is 0.636. The van der Waals surface area contributed by atoms with Crippen LogP contribution in [0.3, 0.4) is 0 Å². The van der Waals surface area contributed by atoms with Crippen molar-refractivity contribution in [3.8, 4) is 0 Å². The minimum absolute atomic E-state index is 0.551. The Labute approximate surface area is 149 Å². The maximum atomic E-state index is 2.51. The molecule has 0 aliphatic carbocycles. The van der Waals surface area contributed by atoms with E-state index in [1.165, 1.54) is 63.4 Å². The zero-order valence-electron chi connectivity index (χ0n) is 15.8. The smallest absolute Gasteiger partial charge is 0.101 e. The number of nitrogens with zero attached hydrogens (tertiary/aromatic N) is 2. The van der Waals surface area contributed by atoms with Crippen LogP contribution in [0.1, 0.15) is 77.2 Å². The van der Waals surface area contributed by atoms with Crippen LogP contribution < -0.4 is 0 Å². The molecule has 24 heavy (non-hydrogen) atoms. The van der Waals surface area contributed by atoms with Gasteiger partial charge in [0.15, 0.2) is 0 Å². The lowest BCUT2D eigenvalue weighted by molar-refractivity contribution is 0.139. The van der Waals surface area contributed by atoms with Gasteiger partial charge in [-0.05, 0) is 25.3 Å². The topological polar surface area (TPSA) is 6.48 Å². The molecule has 0 spiro atoms. The highest BCUT2D eigenvalue weighted by molar-refractivity contribution is 5.15. The third-order valence-electron chi connectivity index (χ3n) is 5.10. The van der Waals surface area contributed by atoms with Gasteiger partial charge in [0, 0.05) is 25.5 Å². The second kappa shape index (κ2) is 11.2. The summed E-state index contributed by atoms with van der Waals surface area (Å²) < 4.78 is 0. The molecule has 1 aliphatic rings. The highest BCUT2D eigenvalue weighted by Crippen LogP contribution is 2.23. The summed E-state index contributed by atoms with van der Waals surface area (Å²) in [6.45, 7) is 6.67. The Kier molecular flexibility index (Phi) is 8.80. The molecule has 1 atom stereocenters. The Morgan fingerprint density at radius 1 is 0.750 bits per heavy atom. The monoisotopic (exact) mass is 328 g/mol. The summed E-state index contributed by atoms with van der Waals surface area (Å²) in [5.74, 6) is 0. The molecule has 1 heterocycles. The quantitative estimate of drug-likeness (QED) is 0.424. The average Bonchev–Trinajstić information content (AvgIpc) is 3.00. The largest absolute Gasteiger partial charge is 0.356 e. The van der Waals surface area contributed by atoms with Crippen molar-refractivity contribution in [2.75, 3.05) is 6.54 Å². The van der Waals surface area contributed by atoms with Crippen molar-refractivity contribution in [1.29, 1.82) is 0 Å². The maximum Gasteiger partial charge on any atom is 0.101 e. The molecule has 0 fully saturated rings. The normalized spacial score (nSPS) is 17.0. The van der Waals surface area contributed by atoms with Gasteiger partial charge >= 0.3 is 0 Å². The molecule has 1 aliphatic heterocycles. The number of hydrogen-bond donors (Lipinski definition) is 0. The van der Waals surface area contributed by atoms with E-state index >= 15 is 0 Å². The number of benzene rings is 1. The molecule has 0 saturated carbocycles. The fourth-order valence-electron chi connectivity index (χ4n) is 3.62. The van der Waals surface area contributed by atoms with Crippen molar-refractivity contribution in [3.05, 3.63) is 48.3 Å². The Balaban J connectivity index is 1.70. The zero-order chi connectivity index (χ0) is 17.0. The Morgan fingerprint density at radius 2 is 1.38 bits per heavy atom. The summed E-state index contributed by atoms with van der Waals surface area (Å²) in [5.41, 5.74) is 1.40. The molecule has 2 nitrogen and oxygen atoms in total. The van der Waals surface area contributed by atoms with Gasteiger partial charge in [-0.2, -0.15) is 0 Å². The SMILES string of the molecule is CCCCCCCCCCC1N(CC)C=CN1Cc1ccccc1. The van der Waals surface area contributed by atoms with E-state index in [-0.39, 0.29) is 0 Å². The number of unbranched alkanes of at least 4 members (excludes halogenated alkanes) is 7. The standard InChI is InChI=1S/C22H36N2/c1-3-5-6-7-8-9-10-14-17-22-23(4-2)18-19-24(22)20-21-15-12-11-13-16-21/h11-13,15-16,18-19,22H,3-10,14,17,20H2,1-2H3. The molecule has 0 aromatic heterocycles. The second-order valence-electron chi connectivity index (χ2n) is 7.03. The van der Waals surface area contributed by atoms with E-state index in [0.717, 1.165) is 13.1 Å². The van der Waals surface area contributed by atoms with E-state index in [1.807, 2.05) is 0 Å². The minimum atomic E-state index is 0.551. The van der Waals surface area contributed by atoms with E-state index in [4.69, 9.17) is 0 Å². The summed E-state index contributed by atoms with van der Waals surface area (Å²) in [7, 11) is 0. The van der Waals surface area contributed by atoms with Gasteiger partial charge in [0.25, 0.3) is 0 Å². The molecule has 2 heteroatoms. The van der Waals surface area contributed by atoms with Gasteiger partial charge in [-0.15, -0.1) is 0 Å². The van der Waals surface area contributed by atoms with Crippen molar-refractivity contribution >= 4 is 0 Å². The molecule has 0 saturated heterocycles. The molecule has 1 aromatic rings. The minimum Gasteiger partial charge on any atom is -0.356 e. The zero-order valence-corrected chi connectivity index (χ0v) is 15.8. The summed E-state index contributed by atoms with van der Waals surface area (Å²) in [5, 5.41) is 0. The predicted molar refractivity (Wildman–Crippen MR) is 105 cm³/mol. The summed E-state index contributed by atoms with van der Waals surface area (Å²) in [6.07, 6.45) is 17.6. The van der Waals surface area contributed by atoms with Crippen LogP contribution in [0.5, 0.6) is 0 Å². The van der Waals surface area contributed by atoms with E-state index < -0.39 is 0 Å². The lowest BCUT2D eigenvalue weighted by Crippen LogP contribution is -2.38. The van der Waals surface area contributed by atoms with Gasteiger partial charge in [0.05, 0.1) is 0 Å². The highest BCUT2D eigenvalue weighted by atomic mass is 15.4. The van der Waals surface area contributed by atoms with Crippen LogP contribution in [0.15, 0.2) is 42.7 Å². The van der Waals surface area contributed by atoms with Crippen LogP contribution in [0.2, 0.25) is 0 Å². The van der Waals surface area contributed by atoms with Crippen LogP contribution in [-0.2, 0) is 6.54 Å². The van der Waals surface area contributed by atoms with Gasteiger partial charge < -0.3 is 9.80 Å². The first-order chi connectivity index (χ1) is 11.8. The van der Waals surface area contributed by atoms with Crippen molar-refractivity contribution < 1.29 is 0 Å². The molecule has 0 amide bonds. The molecule has 2 rings (SSSR count). The summed E-state index contributed by atoms with van der Waals surface area (Å²) in [6, 6.07) is 10.8. The third kappa shape index (κ3) is 6.22. The fourth-order valence-corrected chi connectivity index (χ4v) is 3.62. The molecule has 0 bridgehead atoms. The Bertz CT molecular complexity index is 454. The molecule has 1 aromatic carbocycles. The Morgan fingerprint density at radius 3 is 2.04 bits per heavy atom. The molecule has 0 radical (unpaired) electrons.